The fourth-order valence-electron chi connectivity index (χ4n) is 3.52. The van der Waals surface area contributed by atoms with Gasteiger partial charge < -0.3 is 21.6 Å². The summed E-state index contributed by atoms with van der Waals surface area (Å²) in [5.41, 5.74) is 0.501. The Balaban J connectivity index is 1.74. The van der Waals surface area contributed by atoms with Crippen molar-refractivity contribution in [1.29, 1.82) is 0 Å². The first-order valence-corrected chi connectivity index (χ1v) is 9.78. The third-order valence-electron chi connectivity index (χ3n) is 5.20. The van der Waals surface area contributed by atoms with Gasteiger partial charge in [0.2, 0.25) is 5.91 Å². The van der Waals surface area contributed by atoms with Gasteiger partial charge in [0.25, 0.3) is 5.91 Å². The second-order valence-electron chi connectivity index (χ2n) is 7.48. The molecule has 32 heavy (non-hydrogen) atoms. The van der Waals surface area contributed by atoms with Crippen LogP contribution in [0.2, 0.25) is 0 Å². The van der Waals surface area contributed by atoms with Gasteiger partial charge >= 0.3 is 12.0 Å². The average molecular weight is 437 g/mol. The van der Waals surface area contributed by atoms with Crippen molar-refractivity contribution in [3.63, 3.8) is 0 Å². The number of carbonyl (C=O) groups excluding carboxylic acids is 3. The number of nitrogens with zero attached hydrogens (tertiary/aromatic N) is 2. The van der Waals surface area contributed by atoms with E-state index in [1.165, 1.54) is 6.21 Å². The van der Waals surface area contributed by atoms with Crippen LogP contribution in [0.3, 0.4) is 0 Å². The van der Waals surface area contributed by atoms with Gasteiger partial charge in [-0.2, -0.15) is 5.10 Å². The molecule has 4 amide bonds. The fraction of sp³-hybridized carbons (Fsp3) is 0.227. The number of amides is 4. The number of aliphatic carboxylic acids is 1. The van der Waals surface area contributed by atoms with E-state index in [4.69, 9.17) is 5.84 Å². The summed E-state index contributed by atoms with van der Waals surface area (Å²) in [5.74, 6) is 2.80. The number of nitrogens with one attached hydrogen (secondary N) is 2. The predicted octanol–water partition coefficient (Wildman–Crippen LogP) is 1.08. The van der Waals surface area contributed by atoms with Crippen molar-refractivity contribution in [3.8, 4) is 0 Å². The summed E-state index contributed by atoms with van der Waals surface area (Å²) in [4.78, 5) is 50.2. The summed E-state index contributed by atoms with van der Waals surface area (Å²) >= 11 is 0. The van der Waals surface area contributed by atoms with Crippen molar-refractivity contribution in [1.82, 2.24) is 15.5 Å². The molecule has 0 aromatic heterocycles. The summed E-state index contributed by atoms with van der Waals surface area (Å²) in [6.07, 6.45) is 1.10. The van der Waals surface area contributed by atoms with E-state index in [2.05, 4.69) is 15.7 Å². The Labute approximate surface area is 184 Å². The molecule has 1 aliphatic rings. The molecule has 1 saturated heterocycles. The van der Waals surface area contributed by atoms with Crippen LogP contribution in [0.15, 0.2) is 59.7 Å². The number of rotatable bonds is 8. The van der Waals surface area contributed by atoms with Crippen molar-refractivity contribution >= 4 is 30.0 Å². The molecule has 3 rings (SSSR count). The third-order valence-corrected chi connectivity index (χ3v) is 5.20. The molecular weight excluding hydrogens is 414 g/mol. The van der Waals surface area contributed by atoms with E-state index >= 15 is 0 Å². The van der Waals surface area contributed by atoms with Gasteiger partial charge in [0, 0.05) is 0 Å². The largest absolute Gasteiger partial charge is 0.481 e. The quantitative estimate of drug-likeness (QED) is 0.210. The standard InChI is InChI=1S/C22H23N5O5/c1-22(16-9-7-14(8-10-16)12-24-23)20(31)27(21(32)26-22)13-18(28)25-17(11-19(29)30)15-5-3-2-4-6-15/h2-10,12,17H,11,13,23H2,1H3,(H,25,28)(H,26,32)(H,29,30)/b24-12+/t17-,22-/m0/s1. The van der Waals surface area contributed by atoms with Crippen molar-refractivity contribution in [2.75, 3.05) is 6.54 Å². The Morgan fingerprint density at radius 1 is 1.19 bits per heavy atom. The van der Waals surface area contributed by atoms with Crippen LogP contribution in [-0.4, -0.2) is 46.6 Å². The molecule has 1 heterocycles. The van der Waals surface area contributed by atoms with E-state index in [0.717, 1.165) is 10.5 Å². The van der Waals surface area contributed by atoms with Gasteiger partial charge in [-0.1, -0.05) is 54.6 Å². The Bertz CT molecular complexity index is 1050. The highest BCUT2D eigenvalue weighted by molar-refractivity contribution is 6.09. The zero-order valence-corrected chi connectivity index (χ0v) is 17.3. The summed E-state index contributed by atoms with van der Waals surface area (Å²) in [6, 6.07) is 13.8. The van der Waals surface area contributed by atoms with Crippen LogP contribution in [0.1, 0.15) is 36.1 Å². The normalized spacial score (nSPS) is 19.1. The maximum absolute atomic E-state index is 13.0. The zero-order chi connectivity index (χ0) is 23.3. The second-order valence-corrected chi connectivity index (χ2v) is 7.48. The minimum absolute atomic E-state index is 0.341. The molecule has 2 aromatic rings. The topological polar surface area (TPSA) is 154 Å². The monoisotopic (exact) mass is 437 g/mol. The molecule has 166 valence electrons. The molecule has 0 spiro atoms. The highest BCUT2D eigenvalue weighted by atomic mass is 16.4. The van der Waals surface area contributed by atoms with E-state index in [0.29, 0.717) is 11.1 Å². The molecule has 10 heteroatoms. The summed E-state index contributed by atoms with van der Waals surface area (Å²) in [7, 11) is 0. The van der Waals surface area contributed by atoms with Crippen molar-refractivity contribution in [2.24, 2.45) is 10.9 Å². The Morgan fingerprint density at radius 2 is 1.84 bits per heavy atom. The molecule has 2 atom stereocenters. The maximum Gasteiger partial charge on any atom is 0.325 e. The van der Waals surface area contributed by atoms with Crippen LogP contribution >= 0.6 is 0 Å². The van der Waals surface area contributed by atoms with E-state index in [1.54, 1.807) is 61.5 Å². The third kappa shape index (κ3) is 4.75. The Kier molecular flexibility index (Phi) is 6.53. The summed E-state index contributed by atoms with van der Waals surface area (Å²) in [6.45, 7) is 1.01. The lowest BCUT2D eigenvalue weighted by molar-refractivity contribution is -0.138. The first kappa shape index (κ1) is 22.5. The number of nitrogens with two attached hydrogens (primary N) is 1. The SMILES string of the molecule is C[C@@]1(c2ccc(/C=N/N)cc2)NC(=O)N(CC(=O)N[C@@H](CC(=O)O)c2ccccc2)C1=O. The lowest BCUT2D eigenvalue weighted by Crippen LogP contribution is -2.44. The highest BCUT2D eigenvalue weighted by Crippen LogP contribution is 2.29. The van der Waals surface area contributed by atoms with E-state index < -0.39 is 41.9 Å². The van der Waals surface area contributed by atoms with Crippen LogP contribution < -0.4 is 16.5 Å². The van der Waals surface area contributed by atoms with E-state index in [1.807, 2.05) is 0 Å². The number of hydrogen-bond acceptors (Lipinski definition) is 6. The smallest absolute Gasteiger partial charge is 0.325 e. The van der Waals surface area contributed by atoms with Crippen LogP contribution in [0.4, 0.5) is 4.79 Å². The molecule has 2 aromatic carbocycles. The minimum Gasteiger partial charge on any atom is -0.481 e. The number of carboxylic acids is 1. The van der Waals surface area contributed by atoms with Gasteiger partial charge in [0.15, 0.2) is 0 Å². The van der Waals surface area contributed by atoms with Gasteiger partial charge in [-0.25, -0.2) is 4.79 Å². The number of hydrazone groups is 1. The lowest BCUT2D eigenvalue weighted by atomic mass is 9.91. The molecule has 0 unspecified atom stereocenters. The first-order chi connectivity index (χ1) is 15.2. The molecule has 5 N–H and O–H groups in total. The van der Waals surface area contributed by atoms with Gasteiger partial charge in [0.05, 0.1) is 18.7 Å². The van der Waals surface area contributed by atoms with Crippen molar-refractivity contribution < 1.29 is 24.3 Å². The number of carbonyl (C=O) groups is 4. The minimum atomic E-state index is -1.35. The van der Waals surface area contributed by atoms with Crippen LogP contribution in [0.5, 0.6) is 0 Å². The van der Waals surface area contributed by atoms with Crippen LogP contribution in [0, 0.1) is 0 Å². The second kappa shape index (κ2) is 9.29. The number of imide groups is 1. The number of urea groups is 1. The number of benzene rings is 2. The van der Waals surface area contributed by atoms with Gasteiger partial charge in [-0.05, 0) is 23.6 Å². The molecule has 10 nitrogen and oxygen atoms in total. The number of carboxylic acid groups (broad SMARTS) is 1. The zero-order valence-electron chi connectivity index (χ0n) is 17.3. The maximum atomic E-state index is 13.0. The van der Waals surface area contributed by atoms with Crippen molar-refractivity contribution in [3.05, 3.63) is 71.3 Å². The first-order valence-electron chi connectivity index (χ1n) is 9.78. The Hall–Kier alpha value is -4.21. The molecule has 0 aliphatic carbocycles. The van der Waals surface area contributed by atoms with Gasteiger partial charge in [-0.15, -0.1) is 0 Å². The predicted molar refractivity (Wildman–Crippen MR) is 115 cm³/mol. The molecule has 0 radical (unpaired) electrons. The summed E-state index contributed by atoms with van der Waals surface area (Å²) < 4.78 is 0. The molecule has 0 saturated carbocycles. The molecule has 1 aliphatic heterocycles. The summed E-state index contributed by atoms with van der Waals surface area (Å²) in [5, 5.41) is 17.8. The highest BCUT2D eigenvalue weighted by Gasteiger charge is 2.49. The van der Waals surface area contributed by atoms with Crippen LogP contribution in [0.25, 0.3) is 0 Å². The van der Waals surface area contributed by atoms with E-state index in [9.17, 15) is 24.3 Å². The van der Waals surface area contributed by atoms with E-state index in [-0.39, 0.29) is 6.42 Å². The lowest BCUT2D eigenvalue weighted by Gasteiger charge is -2.23. The van der Waals surface area contributed by atoms with Crippen LogP contribution in [-0.2, 0) is 19.9 Å². The van der Waals surface area contributed by atoms with Crippen molar-refractivity contribution in [2.45, 2.75) is 24.9 Å². The molecule has 0 bridgehead atoms. The average Bonchev–Trinajstić information content (AvgIpc) is 2.98. The fourth-order valence-corrected chi connectivity index (χ4v) is 3.52. The molecular formula is C22H23N5O5. The number of hydrogen-bond donors (Lipinski definition) is 4. The Morgan fingerprint density at radius 3 is 2.44 bits per heavy atom. The van der Waals surface area contributed by atoms with Gasteiger partial charge in [-0.3, -0.25) is 19.3 Å². The van der Waals surface area contributed by atoms with Gasteiger partial charge in [0.1, 0.15) is 12.1 Å². The molecule has 1 fully saturated rings.